The number of H-pyrrole nitrogens is 2. The fourth-order valence-corrected chi connectivity index (χ4v) is 10.0. The molecule has 0 atom stereocenters. The molecule has 9 heteroatoms. The standard InChI is InChI=1S/C56H50N6O2S/c1-7-34-29-40(55-63-30-56(5,6)31-64-55)35(8-2)28-39(34)53-47-26-22-43(59-47)50(36-16-12-32(3)13-17-36)41-20-24-45(57-41)52(38-10-9-11-49-54(38)62-65-61-49)46-25-21-42(58-46)51(44-23-27-48(53)60-44)37-18-14-33(4)15-19-37/h9-29,55,57,60H,7-8,30-31H2,1-6H3. The van der Waals surface area contributed by atoms with E-state index in [1.165, 1.54) is 34.0 Å². The van der Waals surface area contributed by atoms with E-state index in [0.717, 1.165) is 119 Å². The number of hydrogen-bond acceptors (Lipinski definition) is 7. The van der Waals surface area contributed by atoms with Crippen LogP contribution in [-0.2, 0) is 22.3 Å². The molecule has 1 saturated heterocycles. The Labute approximate surface area is 383 Å². The molecule has 322 valence electrons. The average Bonchev–Trinajstić information content (AvgIpc) is 4.18. The number of aromatic amines is 2. The highest BCUT2D eigenvalue weighted by atomic mass is 32.1. The average molecular weight is 871 g/mol. The van der Waals surface area contributed by atoms with Crippen molar-refractivity contribution in [1.29, 1.82) is 0 Å². The van der Waals surface area contributed by atoms with Gasteiger partial charge in [-0.25, -0.2) is 9.97 Å². The Bertz CT molecular complexity index is 3350. The molecule has 2 N–H and O–H groups in total. The van der Waals surface area contributed by atoms with E-state index in [-0.39, 0.29) is 5.41 Å². The van der Waals surface area contributed by atoms with Crippen LogP contribution in [0.4, 0.5) is 0 Å². The van der Waals surface area contributed by atoms with Crippen molar-refractivity contribution in [3.8, 4) is 44.5 Å². The Morgan fingerprint density at radius 2 is 1.06 bits per heavy atom. The van der Waals surface area contributed by atoms with Crippen LogP contribution in [0.3, 0.4) is 0 Å². The summed E-state index contributed by atoms with van der Waals surface area (Å²) in [6, 6.07) is 37.0. The topological polar surface area (TPSA) is 102 Å². The van der Waals surface area contributed by atoms with Gasteiger partial charge in [0.15, 0.2) is 6.29 Å². The molecular formula is C56H50N6O2S. The lowest BCUT2D eigenvalue weighted by atomic mass is 9.89. The maximum Gasteiger partial charge on any atom is 0.184 e. The van der Waals surface area contributed by atoms with Crippen LogP contribution in [0.1, 0.15) is 84.6 Å². The monoisotopic (exact) mass is 870 g/mol. The summed E-state index contributed by atoms with van der Waals surface area (Å²) in [5.41, 5.74) is 23.1. The van der Waals surface area contributed by atoms with Crippen LogP contribution in [0.2, 0.25) is 0 Å². The zero-order valence-electron chi connectivity index (χ0n) is 37.5. The lowest BCUT2D eigenvalue weighted by Crippen LogP contribution is -2.34. The number of nitrogens with one attached hydrogen (secondary N) is 2. The smallest absolute Gasteiger partial charge is 0.184 e. The van der Waals surface area contributed by atoms with Crippen LogP contribution in [0.15, 0.2) is 103 Å². The second-order valence-corrected chi connectivity index (χ2v) is 18.7. The summed E-state index contributed by atoms with van der Waals surface area (Å²) in [6.45, 7) is 14.4. The first-order valence-corrected chi connectivity index (χ1v) is 23.3. The second kappa shape index (κ2) is 16.3. The molecule has 65 heavy (non-hydrogen) atoms. The number of aryl methyl sites for hydroxylation is 4. The van der Waals surface area contributed by atoms with E-state index in [1.807, 2.05) is 6.07 Å². The summed E-state index contributed by atoms with van der Waals surface area (Å²) in [5.74, 6) is 0. The van der Waals surface area contributed by atoms with E-state index in [0.29, 0.717) is 13.2 Å². The number of nitrogens with zero attached hydrogens (tertiary/aromatic N) is 4. The maximum absolute atomic E-state index is 6.41. The highest BCUT2D eigenvalue weighted by Crippen LogP contribution is 2.42. The van der Waals surface area contributed by atoms with Crippen molar-refractivity contribution in [2.45, 2.75) is 60.7 Å². The van der Waals surface area contributed by atoms with Gasteiger partial charge in [0.25, 0.3) is 0 Å². The Hall–Kier alpha value is -6.78. The first-order chi connectivity index (χ1) is 31.6. The minimum atomic E-state index is -0.408. The van der Waals surface area contributed by atoms with Crippen LogP contribution >= 0.6 is 11.7 Å². The van der Waals surface area contributed by atoms with E-state index >= 15 is 0 Å². The zero-order chi connectivity index (χ0) is 44.4. The van der Waals surface area contributed by atoms with Crippen molar-refractivity contribution in [3.05, 3.63) is 154 Å². The number of aromatic nitrogens is 6. The lowest BCUT2D eigenvalue weighted by molar-refractivity contribution is -0.226. The van der Waals surface area contributed by atoms with Gasteiger partial charge in [0.1, 0.15) is 11.0 Å². The van der Waals surface area contributed by atoms with Gasteiger partial charge in [-0.2, -0.15) is 8.75 Å². The van der Waals surface area contributed by atoms with E-state index in [1.54, 1.807) is 0 Å². The fourth-order valence-electron chi connectivity index (χ4n) is 9.46. The Balaban J connectivity index is 1.27. The van der Waals surface area contributed by atoms with Gasteiger partial charge in [-0.3, -0.25) is 0 Å². The number of ether oxygens (including phenoxy) is 2. The summed E-state index contributed by atoms with van der Waals surface area (Å²) in [7, 11) is 0. The Kier molecular flexibility index (Phi) is 10.3. The minimum Gasteiger partial charge on any atom is -0.354 e. The zero-order valence-corrected chi connectivity index (χ0v) is 38.4. The molecule has 8 aromatic rings. The first-order valence-electron chi connectivity index (χ1n) is 22.6. The molecule has 7 heterocycles. The SMILES string of the molecule is CCc1cc(C2OCC(C)(C)CO2)c(CC)cc1-c1c2nc(c(-c3ccc(C)cc3)c3ccc([nH]3)c(-c3cccc4nsnc34)c3nc(c(-c4ccc(C)cc4)c4ccc1[nH]4)C=C3)C=C2. The van der Waals surface area contributed by atoms with Crippen LogP contribution in [-0.4, -0.2) is 41.9 Å². The van der Waals surface area contributed by atoms with Gasteiger partial charge >= 0.3 is 0 Å². The van der Waals surface area contributed by atoms with Crippen molar-refractivity contribution in [2.24, 2.45) is 5.41 Å². The van der Waals surface area contributed by atoms with E-state index in [2.05, 4.69) is 177 Å². The molecule has 3 aliphatic rings. The van der Waals surface area contributed by atoms with Gasteiger partial charge < -0.3 is 19.4 Å². The molecule has 0 amide bonds. The van der Waals surface area contributed by atoms with Crippen molar-refractivity contribution in [1.82, 2.24) is 28.7 Å². The number of benzene rings is 4. The molecule has 0 aliphatic carbocycles. The summed E-state index contributed by atoms with van der Waals surface area (Å²) in [5, 5.41) is 0. The van der Waals surface area contributed by atoms with Gasteiger partial charge in [-0.1, -0.05) is 106 Å². The fraction of sp³-hybridized carbons (Fsp3) is 0.214. The second-order valence-electron chi connectivity index (χ2n) is 18.2. The molecule has 8 nitrogen and oxygen atoms in total. The van der Waals surface area contributed by atoms with Gasteiger partial charge in [0.05, 0.1) is 47.7 Å². The first kappa shape index (κ1) is 41.0. The van der Waals surface area contributed by atoms with Crippen molar-refractivity contribution in [2.75, 3.05) is 13.2 Å². The van der Waals surface area contributed by atoms with E-state index in [4.69, 9.17) is 23.8 Å². The molecule has 1 fully saturated rings. The molecule has 8 bridgehead atoms. The Morgan fingerprint density at radius 1 is 0.569 bits per heavy atom. The predicted octanol–water partition coefficient (Wildman–Crippen LogP) is 14.1. The number of rotatable bonds is 7. The summed E-state index contributed by atoms with van der Waals surface area (Å²) in [4.78, 5) is 19.0. The summed E-state index contributed by atoms with van der Waals surface area (Å²) < 4.78 is 22.2. The van der Waals surface area contributed by atoms with Crippen molar-refractivity contribution < 1.29 is 9.47 Å². The molecular weight excluding hydrogens is 821 g/mol. The molecule has 4 aromatic carbocycles. The third kappa shape index (κ3) is 7.43. The predicted molar refractivity (Wildman–Crippen MR) is 268 cm³/mol. The summed E-state index contributed by atoms with van der Waals surface area (Å²) >= 11 is 1.23. The summed E-state index contributed by atoms with van der Waals surface area (Å²) in [6.07, 6.45) is 9.85. The van der Waals surface area contributed by atoms with Gasteiger partial charge in [0.2, 0.25) is 0 Å². The lowest BCUT2D eigenvalue weighted by Gasteiger charge is -2.35. The van der Waals surface area contributed by atoms with Crippen molar-refractivity contribution in [3.63, 3.8) is 0 Å². The maximum atomic E-state index is 6.41. The normalized spacial score (nSPS) is 14.7. The van der Waals surface area contributed by atoms with Gasteiger partial charge in [0, 0.05) is 60.9 Å². The minimum absolute atomic E-state index is 0.0268. The van der Waals surface area contributed by atoms with Gasteiger partial charge in [-0.15, -0.1) is 0 Å². The number of fused-ring (bicyclic) bond motifs is 9. The highest BCUT2D eigenvalue weighted by Gasteiger charge is 2.31. The highest BCUT2D eigenvalue weighted by molar-refractivity contribution is 7.00. The van der Waals surface area contributed by atoms with Crippen LogP contribution in [0, 0.1) is 19.3 Å². The van der Waals surface area contributed by atoms with Crippen LogP contribution in [0.5, 0.6) is 0 Å². The Morgan fingerprint density at radius 3 is 1.58 bits per heavy atom. The van der Waals surface area contributed by atoms with E-state index in [9.17, 15) is 0 Å². The molecule has 0 unspecified atom stereocenters. The molecule has 0 saturated carbocycles. The molecule has 0 radical (unpaired) electrons. The van der Waals surface area contributed by atoms with Crippen LogP contribution in [0.25, 0.3) is 102 Å². The molecule has 3 aliphatic heterocycles. The van der Waals surface area contributed by atoms with E-state index < -0.39 is 6.29 Å². The third-order valence-electron chi connectivity index (χ3n) is 12.9. The third-order valence-corrected chi connectivity index (χ3v) is 13.4. The molecule has 4 aromatic heterocycles. The molecule has 0 spiro atoms. The van der Waals surface area contributed by atoms with Crippen molar-refractivity contribution >= 4 is 69.1 Å². The quantitative estimate of drug-likeness (QED) is 0.165. The number of hydrogen-bond donors (Lipinski definition) is 2. The van der Waals surface area contributed by atoms with Gasteiger partial charge in [-0.05, 0) is 115 Å². The molecule has 11 rings (SSSR count). The van der Waals surface area contributed by atoms with Crippen LogP contribution < -0.4 is 0 Å². The largest absolute Gasteiger partial charge is 0.354 e.